The highest BCUT2D eigenvalue weighted by molar-refractivity contribution is 7.10. The van der Waals surface area contributed by atoms with Gasteiger partial charge in [0, 0.05) is 36.4 Å². The van der Waals surface area contributed by atoms with Gasteiger partial charge in [-0.05, 0) is 42.2 Å². The first kappa shape index (κ1) is 21.8. The van der Waals surface area contributed by atoms with Gasteiger partial charge in [0.2, 0.25) is 5.91 Å². The molecule has 0 aromatic carbocycles. The molecule has 4 rings (SSSR count). The number of carbonyl (C=O) groups is 3. The van der Waals surface area contributed by atoms with E-state index < -0.39 is 11.9 Å². The van der Waals surface area contributed by atoms with Gasteiger partial charge in [-0.25, -0.2) is 0 Å². The first-order valence-corrected chi connectivity index (χ1v) is 11.9. The Morgan fingerprint density at radius 2 is 2.10 bits per heavy atom. The molecule has 6 nitrogen and oxygen atoms in total. The minimum absolute atomic E-state index is 0.0209. The van der Waals surface area contributed by atoms with E-state index in [1.807, 2.05) is 25.7 Å². The zero-order valence-corrected chi connectivity index (χ0v) is 19.5. The van der Waals surface area contributed by atoms with E-state index in [1.54, 1.807) is 18.3 Å². The van der Waals surface area contributed by atoms with Crippen molar-refractivity contribution in [2.75, 3.05) is 6.54 Å². The molecule has 0 spiro atoms. The number of nitrogens with one attached hydrogen (secondary N) is 1. The van der Waals surface area contributed by atoms with Crippen molar-refractivity contribution in [2.24, 2.45) is 5.41 Å². The van der Waals surface area contributed by atoms with Gasteiger partial charge in [0.1, 0.15) is 11.8 Å². The number of hydrogen-bond acceptors (Lipinski definition) is 5. The summed E-state index contributed by atoms with van der Waals surface area (Å²) in [7, 11) is 0. The van der Waals surface area contributed by atoms with Crippen molar-refractivity contribution in [3.05, 3.63) is 44.5 Å². The molecular weight excluding hydrogens is 412 g/mol. The van der Waals surface area contributed by atoms with Gasteiger partial charge in [-0.3, -0.25) is 14.4 Å². The quantitative estimate of drug-likeness (QED) is 0.749. The van der Waals surface area contributed by atoms with Gasteiger partial charge in [-0.1, -0.05) is 27.2 Å². The lowest BCUT2D eigenvalue weighted by Gasteiger charge is -2.30. The van der Waals surface area contributed by atoms with Crippen LogP contribution in [0.3, 0.4) is 0 Å². The van der Waals surface area contributed by atoms with Crippen LogP contribution in [0.15, 0.2) is 15.9 Å². The second kappa shape index (κ2) is 8.26. The van der Waals surface area contributed by atoms with Crippen molar-refractivity contribution < 1.29 is 18.8 Å². The standard InChI is InChI=1S/C24H30N2O4S/c1-5-6-16(23(29)26-9-7-19-15(13-26)8-10-31-19)25-22(28)21-14(2)20-17(27)11-24(3,4)12-18(20)30-21/h8,10,16H,5-7,9,11-13H2,1-4H3,(H,25,28). The molecule has 0 saturated heterocycles. The molecule has 3 heterocycles. The fourth-order valence-corrected chi connectivity index (χ4v) is 5.62. The largest absolute Gasteiger partial charge is 0.455 e. The van der Waals surface area contributed by atoms with Crippen molar-refractivity contribution in [3.8, 4) is 0 Å². The Labute approximate surface area is 187 Å². The van der Waals surface area contributed by atoms with Gasteiger partial charge in [0.05, 0.1) is 5.56 Å². The van der Waals surface area contributed by atoms with Crippen LogP contribution in [0.25, 0.3) is 0 Å². The summed E-state index contributed by atoms with van der Waals surface area (Å²) in [5.41, 5.74) is 2.14. The zero-order valence-electron chi connectivity index (χ0n) is 18.7. The average molecular weight is 443 g/mol. The van der Waals surface area contributed by atoms with Crippen molar-refractivity contribution in [1.29, 1.82) is 0 Å². The molecule has 2 aliphatic rings. The van der Waals surface area contributed by atoms with Gasteiger partial charge in [0.25, 0.3) is 5.91 Å². The maximum Gasteiger partial charge on any atom is 0.287 e. The molecular formula is C24H30N2O4S. The molecule has 0 radical (unpaired) electrons. The van der Waals surface area contributed by atoms with Crippen LogP contribution in [-0.4, -0.2) is 35.1 Å². The molecule has 1 N–H and O–H groups in total. The Balaban J connectivity index is 1.52. The predicted octanol–water partition coefficient (Wildman–Crippen LogP) is 4.29. The highest BCUT2D eigenvalue weighted by Gasteiger charge is 2.38. The van der Waals surface area contributed by atoms with Gasteiger partial charge < -0.3 is 14.6 Å². The van der Waals surface area contributed by atoms with E-state index in [4.69, 9.17) is 4.42 Å². The number of furan rings is 1. The number of amides is 2. The van der Waals surface area contributed by atoms with Gasteiger partial charge in [-0.15, -0.1) is 11.3 Å². The molecule has 0 fully saturated rings. The number of thiophene rings is 1. The number of rotatable bonds is 5. The fraction of sp³-hybridized carbons (Fsp3) is 0.542. The Morgan fingerprint density at radius 1 is 1.32 bits per heavy atom. The summed E-state index contributed by atoms with van der Waals surface area (Å²) in [4.78, 5) is 42.1. The summed E-state index contributed by atoms with van der Waals surface area (Å²) >= 11 is 1.73. The highest BCUT2D eigenvalue weighted by atomic mass is 32.1. The predicted molar refractivity (Wildman–Crippen MR) is 119 cm³/mol. The van der Waals surface area contributed by atoms with Crippen LogP contribution < -0.4 is 5.32 Å². The number of ketones is 1. The van der Waals surface area contributed by atoms with Crippen LogP contribution in [0.4, 0.5) is 0 Å². The zero-order chi connectivity index (χ0) is 22.3. The number of nitrogens with zero attached hydrogens (tertiary/aromatic N) is 1. The molecule has 2 aromatic heterocycles. The molecule has 0 bridgehead atoms. The number of hydrogen-bond donors (Lipinski definition) is 1. The lowest BCUT2D eigenvalue weighted by molar-refractivity contribution is -0.134. The van der Waals surface area contributed by atoms with Crippen molar-refractivity contribution >= 4 is 28.9 Å². The van der Waals surface area contributed by atoms with Gasteiger partial charge in [-0.2, -0.15) is 0 Å². The third-order valence-electron chi connectivity index (χ3n) is 6.28. The molecule has 1 aliphatic carbocycles. The Morgan fingerprint density at radius 3 is 2.84 bits per heavy atom. The third kappa shape index (κ3) is 4.20. The van der Waals surface area contributed by atoms with Crippen LogP contribution in [0.2, 0.25) is 0 Å². The van der Waals surface area contributed by atoms with E-state index in [0.717, 1.165) is 12.8 Å². The molecule has 1 unspecified atom stereocenters. The topological polar surface area (TPSA) is 79.6 Å². The van der Waals surface area contributed by atoms with Crippen LogP contribution in [0.1, 0.15) is 82.7 Å². The third-order valence-corrected chi connectivity index (χ3v) is 7.31. The first-order valence-electron chi connectivity index (χ1n) is 11.0. The van der Waals surface area contributed by atoms with E-state index in [-0.39, 0.29) is 22.9 Å². The Bertz CT molecular complexity index is 1030. The lowest BCUT2D eigenvalue weighted by atomic mass is 9.76. The monoisotopic (exact) mass is 442 g/mol. The molecule has 166 valence electrons. The maximum absolute atomic E-state index is 13.2. The van der Waals surface area contributed by atoms with Crippen LogP contribution >= 0.6 is 11.3 Å². The van der Waals surface area contributed by atoms with Gasteiger partial charge >= 0.3 is 0 Å². The normalized spacial score (nSPS) is 18.3. The Kier molecular flexibility index (Phi) is 5.81. The van der Waals surface area contributed by atoms with Crippen LogP contribution in [0.5, 0.6) is 0 Å². The highest BCUT2D eigenvalue weighted by Crippen LogP contribution is 2.38. The molecule has 1 atom stereocenters. The second-order valence-electron chi connectivity index (χ2n) is 9.49. The Hall–Kier alpha value is -2.41. The summed E-state index contributed by atoms with van der Waals surface area (Å²) in [5, 5.41) is 4.97. The molecule has 2 aromatic rings. The summed E-state index contributed by atoms with van der Waals surface area (Å²) in [6.07, 6.45) is 3.25. The smallest absolute Gasteiger partial charge is 0.287 e. The van der Waals surface area contributed by atoms with E-state index >= 15 is 0 Å². The first-order chi connectivity index (χ1) is 14.7. The van der Waals surface area contributed by atoms with E-state index in [9.17, 15) is 14.4 Å². The summed E-state index contributed by atoms with van der Waals surface area (Å²) in [6, 6.07) is 1.47. The maximum atomic E-state index is 13.2. The van der Waals surface area contributed by atoms with Crippen molar-refractivity contribution in [3.63, 3.8) is 0 Å². The molecule has 0 saturated carbocycles. The molecule has 7 heteroatoms. The molecule has 1 aliphatic heterocycles. The number of carbonyl (C=O) groups excluding carboxylic acids is 3. The SMILES string of the molecule is CCCC(NC(=O)c1oc2c(c1C)C(=O)CC(C)(C)C2)C(=O)N1CCc2sccc2C1. The lowest BCUT2D eigenvalue weighted by Crippen LogP contribution is -2.49. The number of Topliss-reactive ketones (excluding diaryl/α,β-unsaturated/α-hetero) is 1. The average Bonchev–Trinajstić information content (AvgIpc) is 3.29. The van der Waals surface area contributed by atoms with Crippen molar-refractivity contribution in [2.45, 2.75) is 72.4 Å². The van der Waals surface area contributed by atoms with Crippen LogP contribution in [-0.2, 0) is 24.2 Å². The summed E-state index contributed by atoms with van der Waals surface area (Å²) in [6.45, 7) is 9.06. The summed E-state index contributed by atoms with van der Waals surface area (Å²) < 4.78 is 5.89. The number of fused-ring (bicyclic) bond motifs is 2. The van der Waals surface area contributed by atoms with E-state index in [1.165, 1.54) is 10.4 Å². The van der Waals surface area contributed by atoms with Crippen molar-refractivity contribution in [1.82, 2.24) is 10.2 Å². The minimum atomic E-state index is -0.605. The van der Waals surface area contributed by atoms with E-state index in [2.05, 4.69) is 16.8 Å². The minimum Gasteiger partial charge on any atom is -0.455 e. The van der Waals surface area contributed by atoms with E-state index in [0.29, 0.717) is 49.2 Å². The fourth-order valence-electron chi connectivity index (χ4n) is 4.73. The summed E-state index contributed by atoms with van der Waals surface area (Å²) in [5.74, 6) is 0.287. The second-order valence-corrected chi connectivity index (χ2v) is 10.5. The van der Waals surface area contributed by atoms with Gasteiger partial charge in [0.15, 0.2) is 11.5 Å². The molecule has 2 amide bonds. The van der Waals surface area contributed by atoms with Crippen LogP contribution in [0, 0.1) is 12.3 Å². The molecule has 31 heavy (non-hydrogen) atoms.